The van der Waals surface area contributed by atoms with Gasteiger partial charge in [-0.25, -0.2) is 31.2 Å². The fourth-order valence-corrected chi connectivity index (χ4v) is 7.37. The molecule has 0 unspecified atom stereocenters. The summed E-state index contributed by atoms with van der Waals surface area (Å²) in [6, 6.07) is 24.1. The van der Waals surface area contributed by atoms with E-state index in [-0.39, 0.29) is 21.2 Å². The third-order valence-corrected chi connectivity index (χ3v) is 10.5. The van der Waals surface area contributed by atoms with Crippen molar-refractivity contribution in [3.05, 3.63) is 120 Å². The lowest BCUT2D eigenvalue weighted by atomic mass is 10.1. The topological polar surface area (TPSA) is 249 Å². The fraction of sp³-hybridized carbons (Fsp3) is 0. The molecule has 0 aliphatic rings. The van der Waals surface area contributed by atoms with Gasteiger partial charge in [-0.15, -0.1) is 0 Å². The van der Waals surface area contributed by atoms with Crippen molar-refractivity contribution in [3.63, 3.8) is 0 Å². The first-order chi connectivity index (χ1) is 24.6. The Balaban J connectivity index is 1.17. The van der Waals surface area contributed by atoms with Crippen LogP contribution in [-0.2, 0) is 20.0 Å². The monoisotopic (exact) mass is 742 g/mol. The Kier molecular flexibility index (Phi) is 9.06. The standard InChI is InChI=1S/C35H26N4O11S2/c40-31-11-7-25(17-29(31)33(42)43)38-51(47,48)27-9-3-19-1-5-23(13-21(19)15-27)36-35(46)37-24-6-2-20-4-10-28(16-22(20)14-24)52(49,50)39-26-8-12-32(41)30(18-26)34(44)45/h1-18,38-41H,(H,42,43)(H,44,45)(H2,36,37,46). The highest BCUT2D eigenvalue weighted by Gasteiger charge is 2.19. The number of anilines is 4. The van der Waals surface area contributed by atoms with Crippen LogP contribution in [0, 0.1) is 0 Å². The van der Waals surface area contributed by atoms with E-state index in [2.05, 4.69) is 20.1 Å². The number of carboxylic acid groups (broad SMARTS) is 2. The molecular weight excluding hydrogens is 717 g/mol. The summed E-state index contributed by atoms with van der Waals surface area (Å²) >= 11 is 0. The summed E-state index contributed by atoms with van der Waals surface area (Å²) in [6.45, 7) is 0. The second kappa shape index (κ2) is 13.5. The average Bonchev–Trinajstić information content (AvgIpc) is 3.08. The molecule has 52 heavy (non-hydrogen) atoms. The first kappa shape index (κ1) is 35.0. The van der Waals surface area contributed by atoms with E-state index in [4.69, 9.17) is 0 Å². The molecule has 0 fully saturated rings. The highest BCUT2D eigenvalue weighted by molar-refractivity contribution is 7.93. The molecule has 6 aromatic carbocycles. The summed E-state index contributed by atoms with van der Waals surface area (Å²) in [4.78, 5) is 35.3. The Labute approximate surface area is 294 Å². The molecule has 0 radical (unpaired) electrons. The zero-order valence-electron chi connectivity index (χ0n) is 26.4. The zero-order valence-corrected chi connectivity index (χ0v) is 28.0. The Morgan fingerprint density at radius 3 is 1.19 bits per heavy atom. The SMILES string of the molecule is O=C(Nc1ccc2ccc(S(=O)(=O)Nc3ccc(O)c(C(=O)O)c3)cc2c1)Nc1ccc2ccc(S(=O)(=O)Nc3ccc(O)c(C(=O)O)c3)cc2c1. The van der Waals surface area contributed by atoms with Crippen LogP contribution in [-0.4, -0.2) is 55.2 Å². The summed E-state index contributed by atoms with van der Waals surface area (Å²) in [5, 5.41) is 45.5. The van der Waals surface area contributed by atoms with Crippen molar-refractivity contribution in [3.8, 4) is 11.5 Å². The second-order valence-corrected chi connectivity index (χ2v) is 14.7. The number of benzene rings is 6. The summed E-state index contributed by atoms with van der Waals surface area (Å²) in [6.07, 6.45) is 0. The number of rotatable bonds is 10. The summed E-state index contributed by atoms with van der Waals surface area (Å²) in [5.74, 6) is -3.92. The van der Waals surface area contributed by atoms with E-state index in [0.717, 1.165) is 24.3 Å². The Morgan fingerprint density at radius 1 is 0.442 bits per heavy atom. The molecule has 2 amide bonds. The number of carbonyl (C=O) groups excluding carboxylic acids is 1. The molecule has 0 bridgehead atoms. The zero-order chi connectivity index (χ0) is 37.4. The van der Waals surface area contributed by atoms with Gasteiger partial charge in [0.1, 0.15) is 22.6 Å². The molecule has 15 nitrogen and oxygen atoms in total. The lowest BCUT2D eigenvalue weighted by Gasteiger charge is -2.12. The third kappa shape index (κ3) is 7.49. The first-order valence-corrected chi connectivity index (χ1v) is 17.9. The predicted octanol–water partition coefficient (Wildman–Crippen LogP) is 6.05. The van der Waals surface area contributed by atoms with Gasteiger partial charge in [0.05, 0.1) is 9.79 Å². The van der Waals surface area contributed by atoms with Crippen LogP contribution in [0.4, 0.5) is 27.5 Å². The molecule has 0 saturated carbocycles. The van der Waals surface area contributed by atoms with Gasteiger partial charge in [0.2, 0.25) is 0 Å². The largest absolute Gasteiger partial charge is 0.507 e. The molecule has 0 saturated heterocycles. The van der Waals surface area contributed by atoms with Gasteiger partial charge in [-0.3, -0.25) is 9.44 Å². The molecule has 6 aromatic rings. The molecule has 0 aliphatic carbocycles. The average molecular weight is 743 g/mol. The maximum Gasteiger partial charge on any atom is 0.339 e. The van der Waals surface area contributed by atoms with Crippen molar-refractivity contribution in [1.29, 1.82) is 0 Å². The number of aromatic carboxylic acids is 2. The van der Waals surface area contributed by atoms with Crippen LogP contribution in [0.25, 0.3) is 21.5 Å². The molecule has 0 aromatic heterocycles. The minimum Gasteiger partial charge on any atom is -0.507 e. The van der Waals surface area contributed by atoms with Crippen LogP contribution in [0.2, 0.25) is 0 Å². The molecular formula is C35H26N4O11S2. The van der Waals surface area contributed by atoms with Crippen LogP contribution in [0.3, 0.4) is 0 Å². The number of fused-ring (bicyclic) bond motifs is 2. The molecule has 0 spiro atoms. The van der Waals surface area contributed by atoms with Crippen molar-refractivity contribution < 1.29 is 51.6 Å². The summed E-state index contributed by atoms with van der Waals surface area (Å²) in [7, 11) is -8.37. The number of carboxylic acids is 2. The third-order valence-electron chi connectivity index (χ3n) is 7.72. The fourth-order valence-electron chi connectivity index (χ4n) is 5.20. The Morgan fingerprint density at radius 2 is 0.808 bits per heavy atom. The van der Waals surface area contributed by atoms with E-state index in [1.807, 2.05) is 0 Å². The van der Waals surface area contributed by atoms with Crippen LogP contribution in [0.1, 0.15) is 20.7 Å². The summed E-state index contributed by atoms with van der Waals surface area (Å²) < 4.78 is 57.0. The number of aromatic hydroxyl groups is 2. The van der Waals surface area contributed by atoms with Gasteiger partial charge in [0.25, 0.3) is 20.0 Å². The van der Waals surface area contributed by atoms with Crippen LogP contribution >= 0.6 is 0 Å². The molecule has 8 N–H and O–H groups in total. The van der Waals surface area contributed by atoms with Gasteiger partial charge in [0.15, 0.2) is 0 Å². The van der Waals surface area contributed by atoms with Crippen LogP contribution in [0.5, 0.6) is 11.5 Å². The number of sulfonamides is 2. The highest BCUT2D eigenvalue weighted by atomic mass is 32.2. The van der Waals surface area contributed by atoms with Gasteiger partial charge >= 0.3 is 18.0 Å². The van der Waals surface area contributed by atoms with E-state index < -0.39 is 60.6 Å². The van der Waals surface area contributed by atoms with E-state index in [1.54, 1.807) is 48.5 Å². The van der Waals surface area contributed by atoms with E-state index in [1.165, 1.54) is 36.4 Å². The number of nitrogens with one attached hydrogen (secondary N) is 4. The smallest absolute Gasteiger partial charge is 0.339 e. The van der Waals surface area contributed by atoms with Gasteiger partial charge < -0.3 is 31.1 Å². The minimum atomic E-state index is -4.19. The molecule has 0 aliphatic heterocycles. The number of hydrogen-bond donors (Lipinski definition) is 8. The van der Waals surface area contributed by atoms with Crippen molar-refractivity contribution in [2.24, 2.45) is 0 Å². The molecule has 0 heterocycles. The normalized spacial score (nSPS) is 11.5. The van der Waals surface area contributed by atoms with Gasteiger partial charge in [-0.2, -0.15) is 0 Å². The van der Waals surface area contributed by atoms with Crippen molar-refractivity contribution in [2.45, 2.75) is 9.79 Å². The lowest BCUT2D eigenvalue weighted by Crippen LogP contribution is -2.19. The maximum absolute atomic E-state index is 13.1. The van der Waals surface area contributed by atoms with E-state index >= 15 is 0 Å². The van der Waals surface area contributed by atoms with Crippen molar-refractivity contribution in [2.75, 3.05) is 20.1 Å². The quantitative estimate of drug-likeness (QED) is 0.0751. The summed E-state index contributed by atoms with van der Waals surface area (Å²) in [5.41, 5.74) is -0.471. The minimum absolute atomic E-state index is 0.0734. The number of hydrogen-bond acceptors (Lipinski definition) is 9. The molecule has 17 heteroatoms. The lowest BCUT2D eigenvalue weighted by molar-refractivity contribution is 0.0682. The number of urea groups is 1. The number of phenols is 2. The highest BCUT2D eigenvalue weighted by Crippen LogP contribution is 2.29. The van der Waals surface area contributed by atoms with Gasteiger partial charge in [-0.05, 0) is 106 Å². The molecule has 264 valence electrons. The molecule has 0 atom stereocenters. The van der Waals surface area contributed by atoms with E-state index in [9.17, 15) is 51.6 Å². The van der Waals surface area contributed by atoms with Gasteiger partial charge in [0, 0.05) is 22.7 Å². The second-order valence-electron chi connectivity index (χ2n) is 11.3. The Hall–Kier alpha value is -6.85. The van der Waals surface area contributed by atoms with Crippen molar-refractivity contribution in [1.82, 2.24) is 0 Å². The van der Waals surface area contributed by atoms with Gasteiger partial charge in [-0.1, -0.05) is 24.3 Å². The van der Waals surface area contributed by atoms with Crippen LogP contribution in [0.15, 0.2) is 119 Å². The predicted molar refractivity (Wildman–Crippen MR) is 192 cm³/mol. The molecule has 6 rings (SSSR count). The number of amides is 2. The van der Waals surface area contributed by atoms with Crippen molar-refractivity contribution >= 4 is 82.3 Å². The number of carbonyl (C=O) groups is 3. The maximum atomic E-state index is 13.1. The van der Waals surface area contributed by atoms with Crippen LogP contribution < -0.4 is 20.1 Å². The first-order valence-electron chi connectivity index (χ1n) is 14.9. The Bertz CT molecular complexity index is 2500. The van der Waals surface area contributed by atoms with E-state index in [0.29, 0.717) is 32.9 Å².